The molecule has 0 amide bonds. The normalized spacial score (nSPS) is 21.7. The number of carbonyl (C=O) groups is 1. The minimum absolute atomic E-state index is 0.406. The van der Waals surface area contributed by atoms with Gasteiger partial charge in [-0.3, -0.25) is 0 Å². The fourth-order valence-electron chi connectivity index (χ4n) is 1.70. The molecule has 0 aromatic rings. The van der Waals surface area contributed by atoms with Gasteiger partial charge in [-0.2, -0.15) is 0 Å². The largest absolute Gasteiger partial charge is 0.479 e. The van der Waals surface area contributed by atoms with Crippen LogP contribution >= 0.6 is 0 Å². The van der Waals surface area contributed by atoms with Gasteiger partial charge in [0.05, 0.1) is 12.2 Å². The monoisotopic (exact) mass is 228 g/mol. The molecular formula is C12H20O4. The van der Waals surface area contributed by atoms with Crippen molar-refractivity contribution in [3.8, 4) is 0 Å². The minimum atomic E-state index is -0.896. The van der Waals surface area contributed by atoms with Gasteiger partial charge in [-0.25, -0.2) is 4.79 Å². The van der Waals surface area contributed by atoms with Crippen molar-refractivity contribution in [2.75, 3.05) is 6.61 Å². The molecule has 0 aromatic carbocycles. The number of hydrogen-bond acceptors (Lipinski definition) is 3. The lowest BCUT2D eigenvalue weighted by molar-refractivity contribution is -0.150. The molecule has 0 radical (unpaired) electrons. The van der Waals surface area contributed by atoms with E-state index in [4.69, 9.17) is 9.84 Å². The van der Waals surface area contributed by atoms with Crippen LogP contribution in [0.15, 0.2) is 11.6 Å². The Morgan fingerprint density at radius 1 is 1.62 bits per heavy atom. The van der Waals surface area contributed by atoms with Crippen LogP contribution in [0.2, 0.25) is 0 Å². The summed E-state index contributed by atoms with van der Waals surface area (Å²) in [7, 11) is 0. The second-order valence-electron chi connectivity index (χ2n) is 4.90. The Kier molecular flexibility index (Phi) is 4.50. The predicted octanol–water partition coefficient (Wildman–Crippen LogP) is 1.73. The number of aliphatic carboxylic acids is 1. The van der Waals surface area contributed by atoms with Gasteiger partial charge in [-0.15, -0.1) is 0 Å². The van der Waals surface area contributed by atoms with Crippen molar-refractivity contribution in [1.29, 1.82) is 0 Å². The lowest BCUT2D eigenvalue weighted by Crippen LogP contribution is -2.27. The van der Waals surface area contributed by atoms with E-state index < -0.39 is 17.7 Å². The van der Waals surface area contributed by atoms with Gasteiger partial charge in [0, 0.05) is 6.42 Å². The van der Waals surface area contributed by atoms with E-state index >= 15 is 0 Å². The molecular weight excluding hydrogens is 208 g/mol. The maximum absolute atomic E-state index is 10.6. The topological polar surface area (TPSA) is 66.8 Å². The summed E-state index contributed by atoms with van der Waals surface area (Å²) in [4.78, 5) is 10.6. The number of hydrogen-bond donors (Lipinski definition) is 2. The van der Waals surface area contributed by atoms with E-state index in [1.54, 1.807) is 13.8 Å². The highest BCUT2D eigenvalue weighted by molar-refractivity contribution is 5.72. The molecule has 4 heteroatoms. The molecule has 2 N–H and O–H groups in total. The first-order valence-corrected chi connectivity index (χ1v) is 5.63. The molecule has 1 atom stereocenters. The van der Waals surface area contributed by atoms with Gasteiger partial charge in [0.15, 0.2) is 6.10 Å². The van der Waals surface area contributed by atoms with Crippen LogP contribution in [0.3, 0.4) is 0 Å². The van der Waals surface area contributed by atoms with Gasteiger partial charge >= 0.3 is 5.97 Å². The van der Waals surface area contributed by atoms with E-state index in [1.807, 2.05) is 6.08 Å². The smallest absolute Gasteiger partial charge is 0.333 e. The molecule has 1 aliphatic heterocycles. The summed E-state index contributed by atoms with van der Waals surface area (Å²) in [6.45, 7) is 3.99. The summed E-state index contributed by atoms with van der Waals surface area (Å²) in [6.07, 6.45) is 4.23. The molecule has 0 bridgehead atoms. The zero-order valence-electron chi connectivity index (χ0n) is 9.90. The van der Waals surface area contributed by atoms with Crippen LogP contribution in [0, 0.1) is 0 Å². The minimum Gasteiger partial charge on any atom is -0.479 e. The number of carboxylic acid groups (broad SMARTS) is 1. The molecule has 1 rings (SSSR count). The van der Waals surface area contributed by atoms with Crippen molar-refractivity contribution >= 4 is 5.97 Å². The summed E-state index contributed by atoms with van der Waals surface area (Å²) >= 11 is 0. The molecule has 16 heavy (non-hydrogen) atoms. The Labute approximate surface area is 95.9 Å². The number of carboxylic acids is 1. The summed E-state index contributed by atoms with van der Waals surface area (Å²) in [5, 5.41) is 18.3. The zero-order valence-corrected chi connectivity index (χ0v) is 9.90. The maximum Gasteiger partial charge on any atom is 0.333 e. The van der Waals surface area contributed by atoms with Crippen LogP contribution in [0.25, 0.3) is 0 Å². The van der Waals surface area contributed by atoms with E-state index in [1.165, 1.54) is 0 Å². The van der Waals surface area contributed by atoms with Crippen LogP contribution in [-0.2, 0) is 9.53 Å². The SMILES string of the molecule is CC(C)(O)CCCC1=CCC(C(=O)O)OC1. The first-order chi connectivity index (χ1) is 7.38. The van der Waals surface area contributed by atoms with E-state index in [0.29, 0.717) is 13.0 Å². The quantitative estimate of drug-likeness (QED) is 0.703. The van der Waals surface area contributed by atoms with Crippen LogP contribution in [0.5, 0.6) is 0 Å². The van der Waals surface area contributed by atoms with Crippen molar-refractivity contribution in [3.05, 3.63) is 11.6 Å². The van der Waals surface area contributed by atoms with Crippen molar-refractivity contribution in [1.82, 2.24) is 0 Å². The van der Waals surface area contributed by atoms with Gasteiger partial charge in [0.25, 0.3) is 0 Å². The van der Waals surface area contributed by atoms with Crippen LogP contribution < -0.4 is 0 Å². The first-order valence-electron chi connectivity index (χ1n) is 5.63. The molecule has 1 unspecified atom stereocenters. The molecule has 4 nitrogen and oxygen atoms in total. The van der Waals surface area contributed by atoms with Gasteiger partial charge in [-0.1, -0.05) is 6.08 Å². The Morgan fingerprint density at radius 2 is 2.31 bits per heavy atom. The highest BCUT2D eigenvalue weighted by Crippen LogP contribution is 2.20. The van der Waals surface area contributed by atoms with E-state index in [9.17, 15) is 9.90 Å². The van der Waals surface area contributed by atoms with Crippen molar-refractivity contribution in [3.63, 3.8) is 0 Å². The molecule has 0 spiro atoms. The number of ether oxygens (including phenoxy) is 1. The van der Waals surface area contributed by atoms with Crippen molar-refractivity contribution in [2.24, 2.45) is 0 Å². The van der Waals surface area contributed by atoms with Crippen molar-refractivity contribution < 1.29 is 19.7 Å². The number of rotatable bonds is 5. The first kappa shape index (κ1) is 13.2. The summed E-state index contributed by atoms with van der Waals surface area (Å²) < 4.78 is 5.20. The Bertz CT molecular complexity index is 275. The molecule has 0 fully saturated rings. The third kappa shape index (κ3) is 4.77. The predicted molar refractivity (Wildman–Crippen MR) is 60.2 cm³/mol. The molecule has 0 aliphatic carbocycles. The average Bonchev–Trinajstić information content (AvgIpc) is 2.16. The molecule has 1 heterocycles. The van der Waals surface area contributed by atoms with Gasteiger partial charge in [0.1, 0.15) is 0 Å². The van der Waals surface area contributed by atoms with Gasteiger partial charge in [-0.05, 0) is 38.7 Å². The fourth-order valence-corrected chi connectivity index (χ4v) is 1.70. The molecule has 0 saturated heterocycles. The molecule has 92 valence electrons. The maximum atomic E-state index is 10.6. The number of aliphatic hydroxyl groups is 1. The van der Waals surface area contributed by atoms with Crippen molar-refractivity contribution in [2.45, 2.75) is 51.2 Å². The second kappa shape index (κ2) is 5.46. The zero-order chi connectivity index (χ0) is 12.2. The molecule has 0 saturated carbocycles. The van der Waals surface area contributed by atoms with E-state index in [-0.39, 0.29) is 0 Å². The Hall–Kier alpha value is -0.870. The summed E-state index contributed by atoms with van der Waals surface area (Å²) in [5.74, 6) is -0.896. The van der Waals surface area contributed by atoms with Crippen LogP contribution in [-0.4, -0.2) is 34.5 Å². The highest BCUT2D eigenvalue weighted by atomic mass is 16.5. The average molecular weight is 228 g/mol. The third-order valence-electron chi connectivity index (χ3n) is 2.65. The summed E-state index contributed by atoms with van der Waals surface area (Å²) in [6, 6.07) is 0. The Morgan fingerprint density at radius 3 is 2.75 bits per heavy atom. The Balaban J connectivity index is 2.28. The molecule has 1 aliphatic rings. The van der Waals surface area contributed by atoms with E-state index in [2.05, 4.69) is 0 Å². The second-order valence-corrected chi connectivity index (χ2v) is 4.90. The lowest BCUT2D eigenvalue weighted by Gasteiger charge is -2.21. The van der Waals surface area contributed by atoms with Gasteiger partial charge in [0.2, 0.25) is 0 Å². The van der Waals surface area contributed by atoms with E-state index in [0.717, 1.165) is 24.8 Å². The van der Waals surface area contributed by atoms with Gasteiger partial charge < -0.3 is 14.9 Å². The third-order valence-corrected chi connectivity index (χ3v) is 2.65. The van der Waals surface area contributed by atoms with Crippen LogP contribution in [0.1, 0.15) is 39.5 Å². The standard InChI is InChI=1S/C12H20O4/c1-12(2,15)7-3-4-9-5-6-10(11(13)14)16-8-9/h5,10,15H,3-4,6-8H2,1-2H3,(H,13,14). The fraction of sp³-hybridized carbons (Fsp3) is 0.750. The highest BCUT2D eigenvalue weighted by Gasteiger charge is 2.21. The molecule has 0 aromatic heterocycles. The lowest BCUT2D eigenvalue weighted by atomic mass is 9.98. The van der Waals surface area contributed by atoms with Crippen LogP contribution in [0.4, 0.5) is 0 Å². The summed E-state index contributed by atoms with van der Waals surface area (Å²) in [5.41, 5.74) is 0.515.